The second-order valence-corrected chi connectivity index (χ2v) is 10.8. The van der Waals surface area contributed by atoms with Gasteiger partial charge in [-0.25, -0.2) is 9.78 Å². The van der Waals surface area contributed by atoms with E-state index in [0.29, 0.717) is 19.3 Å². The molecule has 0 bridgehead atoms. The van der Waals surface area contributed by atoms with Gasteiger partial charge in [-0.1, -0.05) is 0 Å². The smallest absolute Gasteiger partial charge is 0.155 e. The van der Waals surface area contributed by atoms with Crippen molar-refractivity contribution in [1.82, 2.24) is 0 Å². The monoisotopic (exact) mass is 536 g/mol. The van der Waals surface area contributed by atoms with Crippen molar-refractivity contribution in [2.45, 2.75) is 72.4 Å². The Morgan fingerprint density at radius 2 is 1.25 bits per heavy atom. The summed E-state index contributed by atoms with van der Waals surface area (Å²) < 4.78 is 40.3. The van der Waals surface area contributed by atoms with Crippen molar-refractivity contribution in [2.75, 3.05) is 53.9 Å². The minimum absolute atomic E-state index is 0.0556. The van der Waals surface area contributed by atoms with Crippen molar-refractivity contribution >= 4 is 32.6 Å². The molecule has 12 nitrogen and oxygen atoms in total. The van der Waals surface area contributed by atoms with Gasteiger partial charge < -0.3 is 48.1 Å². The Hall–Kier alpha value is 0.145. The Balaban J connectivity index is 1.54. The molecule has 3 saturated heterocycles. The molecule has 0 aromatic rings. The maximum absolute atomic E-state index is 10.2. The second-order valence-electron chi connectivity index (χ2n) is 10.1. The number of hydrogen-bond donors (Lipinski definition) is 3. The molecule has 0 aromatic carbocycles. The molecule has 1 unspecified atom stereocenters. The standard InChI is InChI=1S/C20H40B3O12P/c1-27-9-18(6-24)13(4-16(22)31-18)34-29-10-19(7-25)14(5-17(23)32-19)35-36-30-11-20(8-26)12(28-2)3-15(21)33-20/h12-17,24-26,36H,3-11,21-23H2,1-2H3/t12-,13-,14-,15-,16-,17-,18-,19-,20-/m1/s1. The van der Waals surface area contributed by atoms with Gasteiger partial charge in [0.05, 0.1) is 45.2 Å². The molecule has 10 atom stereocenters. The summed E-state index contributed by atoms with van der Waals surface area (Å²) in [6.45, 7) is -0.741. The molecule has 3 fully saturated rings. The molecule has 3 aliphatic rings. The van der Waals surface area contributed by atoms with Crippen LogP contribution in [0, 0.1) is 0 Å². The molecule has 0 aromatic heterocycles. The van der Waals surface area contributed by atoms with Crippen molar-refractivity contribution in [3.8, 4) is 0 Å². The van der Waals surface area contributed by atoms with Crippen LogP contribution in [-0.4, -0.2) is 146 Å². The zero-order valence-corrected chi connectivity index (χ0v) is 22.8. The van der Waals surface area contributed by atoms with Crippen LogP contribution in [0.3, 0.4) is 0 Å². The number of hydrogen-bond acceptors (Lipinski definition) is 12. The lowest BCUT2D eigenvalue weighted by molar-refractivity contribution is -0.366. The maximum Gasteiger partial charge on any atom is 0.155 e. The van der Waals surface area contributed by atoms with Crippen molar-refractivity contribution in [2.24, 2.45) is 0 Å². The second kappa shape index (κ2) is 13.5. The molecular formula is C20H40B3O12P. The normalized spacial score (nSPS) is 43.2. The van der Waals surface area contributed by atoms with Gasteiger partial charge in [0.15, 0.2) is 9.03 Å². The third-order valence-corrected chi connectivity index (χ3v) is 7.88. The maximum atomic E-state index is 10.2. The molecule has 3 heterocycles. The van der Waals surface area contributed by atoms with Crippen LogP contribution in [0.15, 0.2) is 0 Å². The summed E-state index contributed by atoms with van der Waals surface area (Å²) in [6, 6.07) is -0.382. The Morgan fingerprint density at radius 3 is 1.78 bits per heavy atom. The van der Waals surface area contributed by atoms with Crippen LogP contribution in [0.25, 0.3) is 0 Å². The first kappa shape index (κ1) is 30.7. The van der Waals surface area contributed by atoms with Crippen molar-refractivity contribution in [3.63, 3.8) is 0 Å². The largest absolute Gasteiger partial charge is 0.393 e. The highest BCUT2D eigenvalue weighted by Crippen LogP contribution is 2.39. The third-order valence-electron chi connectivity index (χ3n) is 7.24. The first-order valence-electron chi connectivity index (χ1n) is 12.4. The lowest BCUT2D eigenvalue weighted by Crippen LogP contribution is -2.51. The zero-order valence-electron chi connectivity index (χ0n) is 21.8. The molecule has 16 heteroatoms. The SMILES string of the molecule is B[C@H]1C[C@@H](OC)[C@@](CO)(COPO[C@@H]2C[C@H](B)O[C@]2(CO)COO[C@@H]2C[C@H](B)O[C@]2(CO)COC)O1. The predicted octanol–water partition coefficient (Wildman–Crippen LogP) is -3.79. The van der Waals surface area contributed by atoms with E-state index in [1.807, 2.05) is 23.5 Å². The number of methoxy groups -OCH3 is 2. The Kier molecular flexibility index (Phi) is 11.5. The van der Waals surface area contributed by atoms with Gasteiger partial charge in [-0.15, -0.1) is 0 Å². The van der Waals surface area contributed by atoms with E-state index in [9.17, 15) is 15.3 Å². The molecule has 3 rings (SSSR count). The van der Waals surface area contributed by atoms with Crippen LogP contribution in [-0.2, 0) is 42.5 Å². The van der Waals surface area contributed by atoms with Crippen LogP contribution < -0.4 is 0 Å². The van der Waals surface area contributed by atoms with Crippen LogP contribution in [0.4, 0.5) is 0 Å². The number of rotatable bonds is 15. The molecule has 3 aliphatic heterocycles. The Morgan fingerprint density at radius 1 is 0.750 bits per heavy atom. The summed E-state index contributed by atoms with van der Waals surface area (Å²) in [6.07, 6.45) is 0.327. The van der Waals surface area contributed by atoms with Gasteiger partial charge in [0.1, 0.15) is 53.1 Å². The lowest BCUT2D eigenvalue weighted by atomic mass is 9.92. The summed E-state index contributed by atoms with van der Waals surface area (Å²) in [5.41, 5.74) is -3.14. The van der Waals surface area contributed by atoms with Gasteiger partial charge in [-0.05, 0) is 19.3 Å². The average Bonchev–Trinajstić information content (AvgIpc) is 3.47. The van der Waals surface area contributed by atoms with Crippen molar-refractivity contribution in [3.05, 3.63) is 0 Å². The highest BCUT2D eigenvalue weighted by atomic mass is 31.1. The topological polar surface area (TPSA) is 144 Å². The number of ether oxygens (including phenoxy) is 5. The molecule has 206 valence electrons. The van der Waals surface area contributed by atoms with Gasteiger partial charge in [-0.2, -0.15) is 0 Å². The first-order valence-corrected chi connectivity index (χ1v) is 13.2. The third kappa shape index (κ3) is 6.64. The van der Waals surface area contributed by atoms with E-state index >= 15 is 0 Å². The summed E-state index contributed by atoms with van der Waals surface area (Å²) >= 11 is 0. The zero-order chi connectivity index (χ0) is 26.4. The summed E-state index contributed by atoms with van der Waals surface area (Å²) in [5, 5.41) is 30.1. The summed E-state index contributed by atoms with van der Waals surface area (Å²) in [4.78, 5) is 11.2. The highest BCUT2D eigenvalue weighted by Gasteiger charge is 2.52. The Bertz CT molecular complexity index is 688. The van der Waals surface area contributed by atoms with E-state index < -0.39 is 29.0 Å². The van der Waals surface area contributed by atoms with E-state index in [1.54, 1.807) is 7.11 Å². The molecule has 3 N–H and O–H groups in total. The van der Waals surface area contributed by atoms with Crippen LogP contribution >= 0.6 is 9.03 Å². The molecular weight excluding hydrogens is 496 g/mol. The van der Waals surface area contributed by atoms with Gasteiger partial charge in [-0.3, -0.25) is 0 Å². The van der Waals surface area contributed by atoms with Crippen LogP contribution in [0.1, 0.15) is 19.3 Å². The van der Waals surface area contributed by atoms with Crippen LogP contribution in [0.5, 0.6) is 0 Å². The lowest BCUT2D eigenvalue weighted by Gasteiger charge is -2.34. The van der Waals surface area contributed by atoms with Gasteiger partial charge in [0, 0.05) is 32.2 Å². The summed E-state index contributed by atoms with van der Waals surface area (Å²) in [5.74, 6) is 0. The molecule has 0 radical (unpaired) electrons. The van der Waals surface area contributed by atoms with Crippen molar-refractivity contribution in [1.29, 1.82) is 0 Å². The summed E-state index contributed by atoms with van der Waals surface area (Å²) in [7, 11) is 8.43. The fourth-order valence-electron chi connectivity index (χ4n) is 5.36. The number of aliphatic hydroxyl groups is 3. The van der Waals surface area contributed by atoms with Crippen LogP contribution in [0.2, 0.25) is 0 Å². The number of aliphatic hydroxyl groups excluding tert-OH is 3. The predicted molar refractivity (Wildman–Crippen MR) is 136 cm³/mol. The average molecular weight is 536 g/mol. The van der Waals surface area contributed by atoms with E-state index in [4.69, 9.17) is 42.5 Å². The van der Waals surface area contributed by atoms with Gasteiger partial charge in [0.25, 0.3) is 0 Å². The van der Waals surface area contributed by atoms with E-state index in [1.165, 1.54) is 7.11 Å². The highest BCUT2D eigenvalue weighted by molar-refractivity contribution is 7.26. The van der Waals surface area contributed by atoms with Gasteiger partial charge in [0.2, 0.25) is 0 Å². The molecule has 0 amide bonds. The molecule has 0 spiro atoms. The van der Waals surface area contributed by atoms with E-state index in [-0.39, 0.29) is 72.8 Å². The van der Waals surface area contributed by atoms with E-state index in [2.05, 4.69) is 0 Å². The quantitative estimate of drug-likeness (QED) is 0.0622. The Labute approximate surface area is 217 Å². The van der Waals surface area contributed by atoms with Gasteiger partial charge >= 0.3 is 0 Å². The minimum atomic E-state index is -1.16. The fourth-order valence-corrected chi connectivity index (χ4v) is 6.15. The minimum Gasteiger partial charge on any atom is -0.393 e. The molecule has 0 saturated carbocycles. The molecule has 36 heavy (non-hydrogen) atoms. The fraction of sp³-hybridized carbons (Fsp3) is 1.00. The molecule has 0 aliphatic carbocycles. The van der Waals surface area contributed by atoms with E-state index in [0.717, 1.165) is 0 Å². The first-order chi connectivity index (χ1) is 17.2. The van der Waals surface area contributed by atoms with Crippen molar-refractivity contribution < 1.29 is 57.8 Å².